The van der Waals surface area contributed by atoms with Crippen LogP contribution in [0.1, 0.15) is 60.3 Å². The average molecular weight is 462 g/mol. The summed E-state index contributed by atoms with van der Waals surface area (Å²) in [5, 5.41) is 3.08. The highest BCUT2D eigenvalue weighted by Gasteiger charge is 2.54. The van der Waals surface area contributed by atoms with Crippen LogP contribution < -0.4 is 5.32 Å². The number of piperazine rings is 1. The lowest BCUT2D eigenvalue weighted by Gasteiger charge is -2.61. The predicted octanol–water partition coefficient (Wildman–Crippen LogP) is 1.16. The molecule has 1 spiro atoms. The fraction of sp³-hybridized carbons (Fsp3) is 0.880. The third kappa shape index (κ3) is 5.21. The van der Waals surface area contributed by atoms with E-state index in [1.54, 1.807) is 6.92 Å². The molecule has 3 heterocycles. The normalized spacial score (nSPS) is 27.2. The molecule has 8 nitrogen and oxygen atoms in total. The van der Waals surface area contributed by atoms with E-state index in [0.717, 1.165) is 58.7 Å². The van der Waals surface area contributed by atoms with Crippen LogP contribution in [0.25, 0.3) is 0 Å². The van der Waals surface area contributed by atoms with E-state index >= 15 is 0 Å². The molecule has 4 aliphatic rings. The maximum Gasteiger partial charge on any atom is 0.245 e. The number of rotatable bonds is 5. The summed E-state index contributed by atoms with van der Waals surface area (Å²) in [7, 11) is 0. The first-order valence-electron chi connectivity index (χ1n) is 12.8. The number of nitrogens with zero attached hydrogens (tertiary/aromatic N) is 4. The van der Waals surface area contributed by atoms with Gasteiger partial charge in [-0.3, -0.25) is 24.2 Å². The van der Waals surface area contributed by atoms with Crippen LogP contribution in [0.4, 0.5) is 0 Å². The van der Waals surface area contributed by atoms with E-state index in [1.807, 2.05) is 30.6 Å². The molecule has 1 N–H and O–H groups in total. The van der Waals surface area contributed by atoms with Gasteiger partial charge in [0.25, 0.3) is 0 Å². The van der Waals surface area contributed by atoms with Crippen LogP contribution in [0.2, 0.25) is 0 Å². The Labute approximate surface area is 199 Å². The van der Waals surface area contributed by atoms with E-state index in [0.29, 0.717) is 18.0 Å². The first-order valence-corrected chi connectivity index (χ1v) is 12.8. The second-order valence-corrected chi connectivity index (χ2v) is 12.1. The van der Waals surface area contributed by atoms with Crippen LogP contribution in [0.15, 0.2) is 0 Å². The molecule has 0 aromatic heterocycles. The van der Waals surface area contributed by atoms with Gasteiger partial charge in [-0.15, -0.1) is 0 Å². The molecule has 0 radical (unpaired) electrons. The average Bonchev–Trinajstić information content (AvgIpc) is 3.09. The molecular weight excluding hydrogens is 418 g/mol. The van der Waals surface area contributed by atoms with Crippen molar-refractivity contribution in [1.82, 2.24) is 24.9 Å². The summed E-state index contributed by atoms with van der Waals surface area (Å²) < 4.78 is 0. The van der Waals surface area contributed by atoms with E-state index in [9.17, 15) is 14.4 Å². The van der Waals surface area contributed by atoms with Crippen LogP contribution in [0.5, 0.6) is 0 Å². The van der Waals surface area contributed by atoms with E-state index in [2.05, 4.69) is 22.0 Å². The largest absolute Gasteiger partial charge is 0.343 e. The third-order valence-corrected chi connectivity index (χ3v) is 8.38. The van der Waals surface area contributed by atoms with Gasteiger partial charge in [0, 0.05) is 70.2 Å². The Hall–Kier alpha value is -1.67. The number of likely N-dealkylation sites (tertiary alicyclic amines) is 2. The zero-order valence-corrected chi connectivity index (χ0v) is 21.2. The molecular formula is C25H43N5O3. The van der Waals surface area contributed by atoms with Gasteiger partial charge < -0.3 is 15.1 Å². The predicted molar refractivity (Wildman–Crippen MR) is 128 cm³/mol. The molecule has 4 rings (SSSR count). The van der Waals surface area contributed by atoms with Gasteiger partial charge in [-0.2, -0.15) is 0 Å². The first-order chi connectivity index (χ1) is 15.5. The van der Waals surface area contributed by atoms with Crippen molar-refractivity contribution in [2.75, 3.05) is 52.4 Å². The van der Waals surface area contributed by atoms with E-state index in [1.165, 1.54) is 12.8 Å². The molecule has 8 heteroatoms. The molecule has 2 unspecified atom stereocenters. The first kappa shape index (κ1) is 24.5. The van der Waals surface area contributed by atoms with Crippen LogP contribution >= 0.6 is 0 Å². The van der Waals surface area contributed by atoms with Crippen molar-refractivity contribution in [3.8, 4) is 0 Å². The molecule has 1 aliphatic carbocycles. The monoisotopic (exact) mass is 461 g/mol. The van der Waals surface area contributed by atoms with Crippen molar-refractivity contribution >= 4 is 17.7 Å². The van der Waals surface area contributed by atoms with Crippen LogP contribution in [0.3, 0.4) is 0 Å². The quantitative estimate of drug-likeness (QED) is 0.665. The summed E-state index contributed by atoms with van der Waals surface area (Å²) in [5.41, 5.74) is 0.0577. The molecule has 3 aliphatic heterocycles. The Morgan fingerprint density at radius 1 is 1.03 bits per heavy atom. The smallest absolute Gasteiger partial charge is 0.245 e. The Kier molecular flexibility index (Phi) is 6.80. The molecule has 4 fully saturated rings. The van der Waals surface area contributed by atoms with Gasteiger partial charge in [0.15, 0.2) is 0 Å². The zero-order chi connectivity index (χ0) is 24.0. The number of nitrogens with one attached hydrogen (secondary N) is 1. The lowest BCUT2D eigenvalue weighted by molar-refractivity contribution is -0.156. The number of carbonyl (C=O) groups is 3. The van der Waals surface area contributed by atoms with Crippen LogP contribution in [0, 0.1) is 10.8 Å². The van der Waals surface area contributed by atoms with Crippen molar-refractivity contribution in [3.05, 3.63) is 0 Å². The molecule has 33 heavy (non-hydrogen) atoms. The van der Waals surface area contributed by atoms with Crippen LogP contribution in [-0.4, -0.2) is 108 Å². The molecule has 3 saturated heterocycles. The van der Waals surface area contributed by atoms with Gasteiger partial charge in [0.05, 0.1) is 6.54 Å². The standard InChI is InChI=1S/C25H43N5O3/c1-18-7-6-8-30(18)23(33)22(24(3,4)5)26-21(32)15-27-9-11-28(12-10-27)20-13-25(14-20)16-29(17-25)19(2)31/h18,20,22H,6-17H2,1-5H3,(H,26,32). The van der Waals surface area contributed by atoms with Crippen molar-refractivity contribution in [2.45, 2.75) is 78.4 Å². The van der Waals surface area contributed by atoms with Crippen molar-refractivity contribution in [1.29, 1.82) is 0 Å². The van der Waals surface area contributed by atoms with Gasteiger partial charge in [0.2, 0.25) is 17.7 Å². The lowest BCUT2D eigenvalue weighted by Crippen LogP contribution is -2.68. The molecule has 0 aromatic rings. The Morgan fingerprint density at radius 3 is 2.18 bits per heavy atom. The second kappa shape index (κ2) is 9.17. The molecule has 1 saturated carbocycles. The van der Waals surface area contributed by atoms with E-state index in [-0.39, 0.29) is 29.2 Å². The lowest BCUT2D eigenvalue weighted by atomic mass is 9.60. The van der Waals surface area contributed by atoms with Gasteiger partial charge in [-0.25, -0.2) is 0 Å². The maximum atomic E-state index is 13.2. The van der Waals surface area contributed by atoms with Crippen molar-refractivity contribution in [3.63, 3.8) is 0 Å². The highest BCUT2D eigenvalue weighted by molar-refractivity contribution is 5.89. The zero-order valence-electron chi connectivity index (χ0n) is 21.2. The van der Waals surface area contributed by atoms with E-state index in [4.69, 9.17) is 0 Å². The van der Waals surface area contributed by atoms with Crippen molar-refractivity contribution in [2.24, 2.45) is 10.8 Å². The molecule has 3 amide bonds. The Morgan fingerprint density at radius 2 is 1.67 bits per heavy atom. The third-order valence-electron chi connectivity index (χ3n) is 8.38. The minimum atomic E-state index is -0.491. The molecule has 2 atom stereocenters. The Balaban J connectivity index is 1.21. The minimum absolute atomic E-state index is 0.0510. The second-order valence-electron chi connectivity index (χ2n) is 12.1. The van der Waals surface area contributed by atoms with Gasteiger partial charge in [0.1, 0.15) is 6.04 Å². The van der Waals surface area contributed by atoms with Gasteiger partial charge >= 0.3 is 0 Å². The fourth-order valence-electron chi connectivity index (χ4n) is 6.21. The topological polar surface area (TPSA) is 76.2 Å². The molecule has 0 bridgehead atoms. The summed E-state index contributed by atoms with van der Waals surface area (Å²) in [6.07, 6.45) is 4.47. The summed E-state index contributed by atoms with van der Waals surface area (Å²) >= 11 is 0. The summed E-state index contributed by atoms with van der Waals surface area (Å²) in [6.45, 7) is 16.6. The Bertz CT molecular complexity index is 756. The van der Waals surface area contributed by atoms with Crippen molar-refractivity contribution < 1.29 is 14.4 Å². The number of hydrogen-bond acceptors (Lipinski definition) is 5. The minimum Gasteiger partial charge on any atom is -0.343 e. The highest BCUT2D eigenvalue weighted by Crippen LogP contribution is 2.50. The molecule has 0 aromatic carbocycles. The van der Waals surface area contributed by atoms with Crippen LogP contribution in [-0.2, 0) is 14.4 Å². The van der Waals surface area contributed by atoms with Gasteiger partial charge in [-0.1, -0.05) is 20.8 Å². The number of carbonyl (C=O) groups excluding carboxylic acids is 3. The SMILES string of the molecule is CC(=O)N1CC2(CC(N3CCN(CC(=O)NC(C(=O)N4CCCC4C)C(C)(C)C)CC3)C2)C1. The maximum absolute atomic E-state index is 13.2. The summed E-state index contributed by atoms with van der Waals surface area (Å²) in [4.78, 5) is 46.2. The highest BCUT2D eigenvalue weighted by atomic mass is 16.2. The summed E-state index contributed by atoms with van der Waals surface area (Å²) in [6, 6.07) is 0.388. The number of hydrogen-bond donors (Lipinski definition) is 1. The van der Waals surface area contributed by atoms with E-state index < -0.39 is 6.04 Å². The molecule has 186 valence electrons. The van der Waals surface area contributed by atoms with Gasteiger partial charge in [-0.05, 0) is 38.0 Å². The fourth-order valence-corrected chi connectivity index (χ4v) is 6.21. The number of amides is 3. The summed E-state index contributed by atoms with van der Waals surface area (Å²) in [5.74, 6) is 0.204.